The SMILES string of the molecule is CC(=O)ON1CCNC(c2ccc(F)cc2)C1=O. The van der Waals surface area contributed by atoms with Gasteiger partial charge in [-0.25, -0.2) is 4.39 Å². The quantitative estimate of drug-likeness (QED) is 0.845. The maximum absolute atomic E-state index is 12.8. The topological polar surface area (TPSA) is 58.6 Å². The summed E-state index contributed by atoms with van der Waals surface area (Å²) >= 11 is 0. The standard InChI is InChI=1S/C12H13FN2O3/c1-8(16)18-15-7-6-14-11(12(15)17)9-2-4-10(13)5-3-9/h2-5,11,14H,6-7H2,1H3. The van der Waals surface area contributed by atoms with Crippen molar-refractivity contribution in [2.75, 3.05) is 13.1 Å². The highest BCUT2D eigenvalue weighted by Crippen LogP contribution is 2.19. The first kappa shape index (κ1) is 12.5. The largest absolute Gasteiger partial charge is 0.338 e. The zero-order valence-electron chi connectivity index (χ0n) is 9.85. The summed E-state index contributed by atoms with van der Waals surface area (Å²) in [6.07, 6.45) is 0. The van der Waals surface area contributed by atoms with Gasteiger partial charge in [0.1, 0.15) is 11.9 Å². The van der Waals surface area contributed by atoms with Crippen LogP contribution in [0.1, 0.15) is 18.5 Å². The summed E-state index contributed by atoms with van der Waals surface area (Å²) in [6, 6.07) is 5.02. The third-order valence-corrected chi connectivity index (χ3v) is 2.60. The zero-order valence-corrected chi connectivity index (χ0v) is 9.85. The fourth-order valence-corrected chi connectivity index (χ4v) is 1.81. The van der Waals surface area contributed by atoms with Gasteiger partial charge in [-0.1, -0.05) is 12.1 Å². The van der Waals surface area contributed by atoms with E-state index in [9.17, 15) is 14.0 Å². The van der Waals surface area contributed by atoms with E-state index in [1.165, 1.54) is 31.2 Å². The van der Waals surface area contributed by atoms with E-state index in [0.717, 1.165) is 5.06 Å². The number of carbonyl (C=O) groups excluding carboxylic acids is 2. The van der Waals surface area contributed by atoms with Crippen molar-refractivity contribution in [2.24, 2.45) is 0 Å². The van der Waals surface area contributed by atoms with Crippen LogP contribution in [0, 0.1) is 5.82 Å². The molecule has 0 saturated carbocycles. The van der Waals surface area contributed by atoms with E-state index in [0.29, 0.717) is 18.7 Å². The molecule has 1 N–H and O–H groups in total. The summed E-state index contributed by atoms with van der Waals surface area (Å²) in [5.74, 6) is -1.26. The van der Waals surface area contributed by atoms with Gasteiger partial charge < -0.3 is 10.2 Å². The highest BCUT2D eigenvalue weighted by Gasteiger charge is 2.31. The Hall–Kier alpha value is -1.95. The summed E-state index contributed by atoms with van der Waals surface area (Å²) in [7, 11) is 0. The second kappa shape index (κ2) is 5.14. The molecule has 1 saturated heterocycles. The minimum atomic E-state index is -0.612. The predicted octanol–water partition coefficient (Wildman–Crippen LogP) is 0.777. The Bertz CT molecular complexity index is 461. The summed E-state index contributed by atoms with van der Waals surface area (Å²) in [4.78, 5) is 27.7. The lowest BCUT2D eigenvalue weighted by Gasteiger charge is -2.31. The molecule has 5 nitrogen and oxygen atoms in total. The monoisotopic (exact) mass is 252 g/mol. The first-order valence-electron chi connectivity index (χ1n) is 5.56. The van der Waals surface area contributed by atoms with E-state index < -0.39 is 12.0 Å². The molecule has 6 heteroatoms. The second-order valence-electron chi connectivity index (χ2n) is 3.96. The average Bonchev–Trinajstić information content (AvgIpc) is 2.33. The molecule has 1 aliphatic rings. The van der Waals surface area contributed by atoms with Crippen molar-refractivity contribution in [2.45, 2.75) is 13.0 Å². The van der Waals surface area contributed by atoms with E-state index in [4.69, 9.17) is 4.84 Å². The molecule has 18 heavy (non-hydrogen) atoms. The smallest absolute Gasteiger partial charge is 0.329 e. The molecule has 0 radical (unpaired) electrons. The number of hydroxylamine groups is 2. The first-order valence-corrected chi connectivity index (χ1v) is 5.56. The van der Waals surface area contributed by atoms with Crippen LogP contribution >= 0.6 is 0 Å². The third-order valence-electron chi connectivity index (χ3n) is 2.60. The lowest BCUT2D eigenvalue weighted by Crippen LogP contribution is -2.50. The number of rotatable bonds is 2. The van der Waals surface area contributed by atoms with Crippen molar-refractivity contribution in [3.05, 3.63) is 35.6 Å². The number of piperazine rings is 1. The molecule has 1 atom stereocenters. The maximum atomic E-state index is 12.8. The minimum absolute atomic E-state index is 0.302. The number of hydrogen-bond acceptors (Lipinski definition) is 4. The second-order valence-corrected chi connectivity index (χ2v) is 3.96. The van der Waals surface area contributed by atoms with Crippen LogP contribution in [-0.2, 0) is 14.4 Å². The Morgan fingerprint density at radius 3 is 2.72 bits per heavy atom. The van der Waals surface area contributed by atoms with Crippen molar-refractivity contribution in [3.8, 4) is 0 Å². The van der Waals surface area contributed by atoms with Gasteiger partial charge in [0.2, 0.25) is 0 Å². The van der Waals surface area contributed by atoms with E-state index in [1.54, 1.807) is 0 Å². The van der Waals surface area contributed by atoms with Crippen molar-refractivity contribution < 1.29 is 18.8 Å². The number of benzene rings is 1. The van der Waals surface area contributed by atoms with Crippen LogP contribution in [0.2, 0.25) is 0 Å². The Morgan fingerprint density at radius 2 is 2.11 bits per heavy atom. The number of nitrogens with zero attached hydrogens (tertiary/aromatic N) is 1. The number of nitrogens with one attached hydrogen (secondary N) is 1. The molecule has 1 unspecified atom stereocenters. The minimum Gasteiger partial charge on any atom is -0.338 e. The fraction of sp³-hybridized carbons (Fsp3) is 0.333. The Morgan fingerprint density at radius 1 is 1.44 bits per heavy atom. The van der Waals surface area contributed by atoms with E-state index in [1.807, 2.05) is 0 Å². The van der Waals surface area contributed by atoms with Gasteiger partial charge in [0.15, 0.2) is 0 Å². The molecule has 0 spiro atoms. The maximum Gasteiger partial charge on any atom is 0.329 e. The molecule has 0 bridgehead atoms. The fourth-order valence-electron chi connectivity index (χ4n) is 1.81. The predicted molar refractivity (Wildman–Crippen MR) is 60.6 cm³/mol. The molecule has 1 heterocycles. The van der Waals surface area contributed by atoms with Gasteiger partial charge in [-0.2, -0.15) is 5.06 Å². The summed E-state index contributed by atoms with van der Waals surface area (Å²) in [6.45, 7) is 2.04. The van der Waals surface area contributed by atoms with Gasteiger partial charge in [-0.3, -0.25) is 9.59 Å². The molecule has 96 valence electrons. The molecule has 0 aliphatic carbocycles. The van der Waals surface area contributed by atoms with Crippen LogP contribution in [0.3, 0.4) is 0 Å². The lowest BCUT2D eigenvalue weighted by molar-refractivity contribution is -0.201. The van der Waals surface area contributed by atoms with Crippen LogP contribution in [0.5, 0.6) is 0 Å². The van der Waals surface area contributed by atoms with Gasteiger partial charge in [0.25, 0.3) is 5.91 Å². The highest BCUT2D eigenvalue weighted by atomic mass is 19.1. The van der Waals surface area contributed by atoms with Gasteiger partial charge >= 0.3 is 5.97 Å². The Kier molecular flexibility index (Phi) is 3.57. The molecule has 1 amide bonds. The van der Waals surface area contributed by atoms with Gasteiger partial charge in [0.05, 0.1) is 6.54 Å². The van der Waals surface area contributed by atoms with Crippen LogP contribution in [-0.4, -0.2) is 30.0 Å². The zero-order chi connectivity index (χ0) is 13.1. The van der Waals surface area contributed by atoms with Crippen molar-refractivity contribution in [3.63, 3.8) is 0 Å². The third kappa shape index (κ3) is 2.65. The number of hydrogen-bond donors (Lipinski definition) is 1. The van der Waals surface area contributed by atoms with Crippen LogP contribution < -0.4 is 5.32 Å². The van der Waals surface area contributed by atoms with Crippen LogP contribution in [0.4, 0.5) is 4.39 Å². The van der Waals surface area contributed by atoms with Gasteiger partial charge in [-0.15, -0.1) is 0 Å². The summed E-state index contributed by atoms with van der Waals surface area (Å²) in [5, 5.41) is 4.04. The summed E-state index contributed by atoms with van der Waals surface area (Å²) < 4.78 is 12.8. The molecular weight excluding hydrogens is 239 g/mol. The van der Waals surface area contributed by atoms with Gasteiger partial charge in [0, 0.05) is 13.5 Å². The van der Waals surface area contributed by atoms with E-state index >= 15 is 0 Å². The normalized spacial score (nSPS) is 19.8. The average molecular weight is 252 g/mol. The lowest BCUT2D eigenvalue weighted by atomic mass is 10.0. The Labute approximate surface area is 103 Å². The molecule has 2 rings (SSSR count). The Balaban J connectivity index is 2.15. The molecule has 1 aliphatic heterocycles. The van der Waals surface area contributed by atoms with Crippen molar-refractivity contribution >= 4 is 11.9 Å². The van der Waals surface area contributed by atoms with Gasteiger partial charge in [-0.05, 0) is 17.7 Å². The van der Waals surface area contributed by atoms with E-state index in [2.05, 4.69) is 5.32 Å². The van der Waals surface area contributed by atoms with Crippen LogP contribution in [0.25, 0.3) is 0 Å². The van der Waals surface area contributed by atoms with Crippen LogP contribution in [0.15, 0.2) is 24.3 Å². The molecule has 0 aromatic heterocycles. The van der Waals surface area contributed by atoms with E-state index in [-0.39, 0.29) is 11.7 Å². The number of amides is 1. The number of halogens is 1. The number of carbonyl (C=O) groups is 2. The van der Waals surface area contributed by atoms with Crippen molar-refractivity contribution in [1.29, 1.82) is 0 Å². The summed E-state index contributed by atoms with van der Waals surface area (Å²) in [5.41, 5.74) is 0.637. The van der Waals surface area contributed by atoms with Crippen molar-refractivity contribution in [1.82, 2.24) is 10.4 Å². The highest BCUT2D eigenvalue weighted by molar-refractivity contribution is 5.84. The first-order chi connectivity index (χ1) is 8.58. The molecular formula is C12H13FN2O3. The molecule has 1 aromatic carbocycles. The molecule has 1 fully saturated rings. The molecule has 1 aromatic rings.